The molecule has 3 N–H and O–H groups in total. The predicted octanol–water partition coefficient (Wildman–Crippen LogP) is 3.94. The highest BCUT2D eigenvalue weighted by atomic mass is 32.2. The predicted molar refractivity (Wildman–Crippen MR) is 139 cm³/mol. The molecule has 4 aromatic rings. The van der Waals surface area contributed by atoms with E-state index in [-0.39, 0.29) is 11.7 Å². The molecule has 2 heterocycles. The first-order chi connectivity index (χ1) is 17.6. The molecule has 0 atom stereocenters. The van der Waals surface area contributed by atoms with E-state index in [1.165, 1.54) is 16.4 Å². The van der Waals surface area contributed by atoms with E-state index in [0.717, 1.165) is 42.6 Å². The first-order valence-corrected chi connectivity index (χ1v) is 12.6. The summed E-state index contributed by atoms with van der Waals surface area (Å²) in [5.41, 5.74) is 4.28. The number of para-hydroxylation sites is 2. The van der Waals surface area contributed by atoms with Crippen LogP contribution in [0.4, 0.5) is 5.82 Å². The number of methoxy groups -OCH3 is 1. The minimum atomic E-state index is -0.259. The molecule has 2 aromatic carbocycles. The molecule has 0 saturated heterocycles. The highest BCUT2D eigenvalue weighted by molar-refractivity contribution is 7.99. The van der Waals surface area contributed by atoms with Gasteiger partial charge in [0.2, 0.25) is 11.1 Å². The van der Waals surface area contributed by atoms with Crippen molar-refractivity contribution in [2.75, 3.05) is 24.0 Å². The molecule has 0 saturated carbocycles. The maximum atomic E-state index is 13.1. The number of nitriles is 1. The van der Waals surface area contributed by atoms with Crippen LogP contribution in [0.1, 0.15) is 29.7 Å². The lowest BCUT2D eigenvalue weighted by Crippen LogP contribution is -2.19. The van der Waals surface area contributed by atoms with Crippen LogP contribution < -0.4 is 15.9 Å². The summed E-state index contributed by atoms with van der Waals surface area (Å²) < 4.78 is 8.76. The number of rotatable bonds is 7. The van der Waals surface area contributed by atoms with Crippen molar-refractivity contribution >= 4 is 23.5 Å². The van der Waals surface area contributed by atoms with Gasteiger partial charge < -0.3 is 15.9 Å². The molecule has 0 bridgehead atoms. The van der Waals surface area contributed by atoms with Crippen LogP contribution in [0.25, 0.3) is 17.1 Å². The molecule has 0 radical (unpaired) electrons. The number of aromatic nitrogens is 4. The molecule has 0 fully saturated rings. The number of nitrogen functional groups attached to an aromatic ring is 1. The second-order valence-electron chi connectivity index (χ2n) is 8.35. The number of nitrogens with one attached hydrogen (secondary N) is 1. The SMILES string of the molecule is COc1ccccc1-c1nnc(SCC(=O)Nc2c(C#N)c3c(n2-c2ccccc2)CCCC3)n1N. The van der Waals surface area contributed by atoms with Gasteiger partial charge in [-0.2, -0.15) is 5.26 Å². The molecular formula is C26H25N7O2S. The topological polar surface area (TPSA) is 124 Å². The van der Waals surface area contributed by atoms with Crippen molar-refractivity contribution in [3.05, 3.63) is 71.4 Å². The highest BCUT2D eigenvalue weighted by Crippen LogP contribution is 2.36. The third-order valence-corrected chi connectivity index (χ3v) is 7.14. The zero-order chi connectivity index (χ0) is 25.1. The van der Waals surface area contributed by atoms with Gasteiger partial charge in [-0.3, -0.25) is 9.36 Å². The molecule has 9 nitrogen and oxygen atoms in total. The van der Waals surface area contributed by atoms with Gasteiger partial charge in [-0.05, 0) is 55.5 Å². The van der Waals surface area contributed by atoms with Crippen LogP contribution in [0, 0.1) is 11.3 Å². The Morgan fingerprint density at radius 1 is 1.14 bits per heavy atom. The van der Waals surface area contributed by atoms with E-state index in [1.54, 1.807) is 7.11 Å². The minimum Gasteiger partial charge on any atom is -0.496 e. The Hall–Kier alpha value is -4.23. The van der Waals surface area contributed by atoms with Crippen molar-refractivity contribution in [3.8, 4) is 28.9 Å². The quantitative estimate of drug-likeness (QED) is 0.292. The lowest BCUT2D eigenvalue weighted by atomic mass is 9.95. The fourth-order valence-electron chi connectivity index (χ4n) is 4.58. The van der Waals surface area contributed by atoms with Gasteiger partial charge in [0.1, 0.15) is 17.6 Å². The average molecular weight is 500 g/mol. The van der Waals surface area contributed by atoms with Crippen molar-refractivity contribution in [1.29, 1.82) is 5.26 Å². The van der Waals surface area contributed by atoms with E-state index in [9.17, 15) is 10.1 Å². The van der Waals surface area contributed by atoms with Crippen LogP contribution in [-0.4, -0.2) is 38.2 Å². The number of hydrogen-bond acceptors (Lipinski definition) is 7. The number of nitrogens with zero attached hydrogens (tertiary/aromatic N) is 5. The number of nitrogens with two attached hydrogens (primary N) is 1. The van der Waals surface area contributed by atoms with Gasteiger partial charge in [0.25, 0.3) is 0 Å². The fraction of sp³-hybridized carbons (Fsp3) is 0.231. The Kier molecular flexibility index (Phi) is 6.64. The van der Waals surface area contributed by atoms with E-state index in [4.69, 9.17) is 10.6 Å². The molecule has 1 amide bonds. The monoisotopic (exact) mass is 499 g/mol. The lowest BCUT2D eigenvalue weighted by molar-refractivity contribution is -0.113. The number of thioether (sulfide) groups is 1. The molecule has 1 aliphatic rings. The van der Waals surface area contributed by atoms with Gasteiger partial charge in [0, 0.05) is 11.4 Å². The number of fused-ring (bicyclic) bond motifs is 1. The second kappa shape index (κ2) is 10.2. The Labute approximate surface area is 212 Å². The first kappa shape index (κ1) is 23.5. The molecule has 36 heavy (non-hydrogen) atoms. The summed E-state index contributed by atoms with van der Waals surface area (Å²) >= 11 is 1.17. The molecule has 1 aliphatic carbocycles. The number of benzene rings is 2. The van der Waals surface area contributed by atoms with Crippen molar-refractivity contribution < 1.29 is 9.53 Å². The second-order valence-corrected chi connectivity index (χ2v) is 9.29. The number of carbonyl (C=O) groups is 1. The summed E-state index contributed by atoms with van der Waals surface area (Å²) in [7, 11) is 1.58. The molecule has 5 rings (SSSR count). The summed E-state index contributed by atoms with van der Waals surface area (Å²) in [5.74, 6) is 7.62. The molecule has 10 heteroatoms. The van der Waals surface area contributed by atoms with Crippen LogP contribution in [0.5, 0.6) is 5.75 Å². The summed E-state index contributed by atoms with van der Waals surface area (Å²) in [5, 5.41) is 21.7. The molecule has 2 aromatic heterocycles. The van der Waals surface area contributed by atoms with Crippen molar-refractivity contribution in [2.24, 2.45) is 0 Å². The van der Waals surface area contributed by atoms with E-state index in [0.29, 0.717) is 33.7 Å². The van der Waals surface area contributed by atoms with Gasteiger partial charge in [0.05, 0.1) is 24.0 Å². The van der Waals surface area contributed by atoms with Crippen molar-refractivity contribution in [1.82, 2.24) is 19.4 Å². The number of carbonyl (C=O) groups excluding carboxylic acids is 1. The fourth-order valence-corrected chi connectivity index (χ4v) is 5.24. The Balaban J connectivity index is 1.39. The maximum Gasteiger partial charge on any atom is 0.236 e. The highest BCUT2D eigenvalue weighted by Gasteiger charge is 2.27. The normalized spacial score (nSPS) is 12.6. The van der Waals surface area contributed by atoms with E-state index < -0.39 is 0 Å². The van der Waals surface area contributed by atoms with Crippen LogP contribution in [0.3, 0.4) is 0 Å². The van der Waals surface area contributed by atoms with E-state index in [2.05, 4.69) is 21.6 Å². The molecular weight excluding hydrogens is 474 g/mol. The summed E-state index contributed by atoms with van der Waals surface area (Å²) in [6, 6.07) is 19.5. The van der Waals surface area contributed by atoms with Gasteiger partial charge in [-0.25, -0.2) is 4.68 Å². The maximum absolute atomic E-state index is 13.1. The van der Waals surface area contributed by atoms with Crippen molar-refractivity contribution in [3.63, 3.8) is 0 Å². The molecule has 182 valence electrons. The van der Waals surface area contributed by atoms with E-state index in [1.807, 2.05) is 59.2 Å². The molecule has 0 aliphatic heterocycles. The van der Waals surface area contributed by atoms with Gasteiger partial charge in [-0.1, -0.05) is 42.1 Å². The largest absolute Gasteiger partial charge is 0.496 e. The number of hydrogen-bond donors (Lipinski definition) is 2. The summed E-state index contributed by atoms with van der Waals surface area (Å²) in [4.78, 5) is 13.1. The van der Waals surface area contributed by atoms with Crippen LogP contribution in [0.2, 0.25) is 0 Å². The smallest absolute Gasteiger partial charge is 0.236 e. The first-order valence-electron chi connectivity index (χ1n) is 11.6. The number of amides is 1. The third-order valence-electron chi connectivity index (χ3n) is 6.20. The van der Waals surface area contributed by atoms with Gasteiger partial charge in [-0.15, -0.1) is 10.2 Å². The van der Waals surface area contributed by atoms with Crippen LogP contribution in [0.15, 0.2) is 59.8 Å². The number of anilines is 1. The Bertz CT molecular complexity index is 1450. The van der Waals surface area contributed by atoms with Gasteiger partial charge in [0.15, 0.2) is 5.82 Å². The minimum absolute atomic E-state index is 0.0523. The van der Waals surface area contributed by atoms with Gasteiger partial charge >= 0.3 is 0 Å². The standard InChI is InChI=1S/C26H25N7O2S/c1-35-22-14-8-6-12-19(22)25-30-31-26(33(25)28)36-16-23(34)29-24-20(15-27)18-11-5-7-13-21(18)32(24)17-9-3-2-4-10-17/h2-4,6,8-10,12,14H,5,7,11,13,16,28H2,1H3,(H,29,34). The number of ether oxygens (including phenoxy) is 1. The summed E-state index contributed by atoms with van der Waals surface area (Å²) in [6.45, 7) is 0. The van der Waals surface area contributed by atoms with Crippen LogP contribution in [-0.2, 0) is 17.6 Å². The van der Waals surface area contributed by atoms with Crippen LogP contribution >= 0.6 is 11.8 Å². The zero-order valence-corrected chi connectivity index (χ0v) is 20.6. The lowest BCUT2D eigenvalue weighted by Gasteiger charge is -2.17. The molecule has 0 spiro atoms. The third kappa shape index (κ3) is 4.29. The summed E-state index contributed by atoms with van der Waals surface area (Å²) in [6.07, 6.45) is 3.78. The molecule has 0 unspecified atom stereocenters. The average Bonchev–Trinajstić information content (AvgIpc) is 3.44. The Morgan fingerprint density at radius 3 is 2.67 bits per heavy atom. The zero-order valence-electron chi connectivity index (χ0n) is 19.8. The van der Waals surface area contributed by atoms with Crippen molar-refractivity contribution in [2.45, 2.75) is 30.8 Å². The Morgan fingerprint density at radius 2 is 1.89 bits per heavy atom. The van der Waals surface area contributed by atoms with E-state index >= 15 is 0 Å².